The van der Waals surface area contributed by atoms with Gasteiger partial charge < -0.3 is 25.8 Å². The van der Waals surface area contributed by atoms with Gasteiger partial charge in [0, 0.05) is 18.6 Å². The summed E-state index contributed by atoms with van der Waals surface area (Å²) in [6.45, 7) is 1.27. The van der Waals surface area contributed by atoms with Crippen LogP contribution in [0.4, 0.5) is 4.39 Å². The zero-order valence-corrected chi connectivity index (χ0v) is 18.6. The standard InChI is InChI=1S/C21H34ClFN4O4/c22-14-2-1-13(9-15(14)23)31-11-18(29)26-20-4-6-21(7-5-20,17(28)10-20)27-19(30)16-3-8-24-12-25-16/h13-17,24-25,28H,1-12H2,(H,26,29)(H,27,30). The maximum Gasteiger partial charge on any atom is 0.246 e. The highest BCUT2D eigenvalue weighted by atomic mass is 35.5. The second-order valence-electron chi connectivity index (χ2n) is 9.69. The molecule has 1 heterocycles. The van der Waals surface area contributed by atoms with E-state index in [1.54, 1.807) is 0 Å². The third kappa shape index (κ3) is 5.16. The van der Waals surface area contributed by atoms with Gasteiger partial charge in [-0.05, 0) is 57.9 Å². The largest absolute Gasteiger partial charge is 0.391 e. The Kier molecular flexibility index (Phi) is 7.08. The Morgan fingerprint density at radius 1 is 1.16 bits per heavy atom. The molecule has 0 aromatic rings. The predicted molar refractivity (Wildman–Crippen MR) is 113 cm³/mol. The lowest BCUT2D eigenvalue weighted by atomic mass is 9.59. The Morgan fingerprint density at radius 3 is 2.58 bits per heavy atom. The number of carbonyl (C=O) groups excluding carboxylic acids is 2. The summed E-state index contributed by atoms with van der Waals surface area (Å²) in [6, 6.07) is -0.244. The number of hydrogen-bond acceptors (Lipinski definition) is 6. The Hall–Kier alpha value is -1.00. The Labute approximate surface area is 187 Å². The topological polar surface area (TPSA) is 112 Å². The highest BCUT2D eigenvalue weighted by Crippen LogP contribution is 2.47. The molecular weight excluding hydrogens is 427 g/mol. The maximum atomic E-state index is 13.8. The van der Waals surface area contributed by atoms with Gasteiger partial charge in [0.25, 0.3) is 0 Å². The Morgan fingerprint density at radius 2 is 1.94 bits per heavy atom. The Bertz CT molecular complexity index is 670. The number of ether oxygens (including phenoxy) is 1. The van der Waals surface area contributed by atoms with Crippen LogP contribution in [0.25, 0.3) is 0 Å². The zero-order valence-electron chi connectivity index (χ0n) is 17.8. The fourth-order valence-electron chi connectivity index (χ4n) is 5.57. The quantitative estimate of drug-likeness (QED) is 0.368. The fourth-order valence-corrected chi connectivity index (χ4v) is 5.80. The minimum atomic E-state index is -1.10. The molecule has 5 aliphatic rings. The molecule has 5 N–H and O–H groups in total. The smallest absolute Gasteiger partial charge is 0.246 e. The third-order valence-electron chi connectivity index (χ3n) is 7.59. The van der Waals surface area contributed by atoms with Crippen LogP contribution in [0.5, 0.6) is 0 Å². The average molecular weight is 461 g/mol. The molecule has 1 saturated heterocycles. The molecular formula is C21H34ClFN4O4. The molecule has 8 nitrogen and oxygen atoms in total. The van der Waals surface area contributed by atoms with Crippen LogP contribution in [-0.2, 0) is 14.3 Å². The van der Waals surface area contributed by atoms with Gasteiger partial charge in [-0.3, -0.25) is 14.9 Å². The number of nitrogens with one attached hydrogen (secondary N) is 4. The minimum absolute atomic E-state index is 0.0646. The van der Waals surface area contributed by atoms with Gasteiger partial charge in [-0.15, -0.1) is 11.6 Å². The monoisotopic (exact) mass is 460 g/mol. The van der Waals surface area contributed by atoms with Crippen molar-refractivity contribution < 1.29 is 23.8 Å². The van der Waals surface area contributed by atoms with Crippen molar-refractivity contribution in [1.29, 1.82) is 0 Å². The van der Waals surface area contributed by atoms with E-state index in [4.69, 9.17) is 16.3 Å². The first-order valence-corrected chi connectivity index (χ1v) is 11.9. The number of carbonyl (C=O) groups is 2. The molecule has 4 saturated carbocycles. The number of aliphatic hydroxyl groups excluding tert-OH is 1. The van der Waals surface area contributed by atoms with Crippen molar-refractivity contribution in [3.8, 4) is 0 Å². The van der Waals surface area contributed by atoms with E-state index in [-0.39, 0.29) is 37.0 Å². The molecule has 10 heteroatoms. The molecule has 5 rings (SSSR count). The molecule has 4 aliphatic carbocycles. The van der Waals surface area contributed by atoms with Crippen LogP contribution < -0.4 is 21.3 Å². The molecule has 176 valence electrons. The number of hydrogen-bond donors (Lipinski definition) is 5. The van der Waals surface area contributed by atoms with Crippen LogP contribution >= 0.6 is 11.6 Å². The summed E-state index contributed by atoms with van der Waals surface area (Å²) in [5.41, 5.74) is -1.10. The maximum absolute atomic E-state index is 13.8. The van der Waals surface area contributed by atoms with Crippen LogP contribution in [0.2, 0.25) is 0 Å². The summed E-state index contributed by atoms with van der Waals surface area (Å²) < 4.78 is 19.4. The first kappa shape index (κ1) is 23.2. The molecule has 0 aromatic heterocycles. The molecule has 5 fully saturated rings. The van der Waals surface area contributed by atoms with Gasteiger partial charge in [0.15, 0.2) is 0 Å². The van der Waals surface area contributed by atoms with Crippen LogP contribution in [0.1, 0.15) is 57.8 Å². The predicted octanol–water partition coefficient (Wildman–Crippen LogP) is 0.459. The molecule has 0 radical (unpaired) electrons. The summed E-state index contributed by atoms with van der Waals surface area (Å²) in [5.74, 6) is -0.307. The van der Waals surface area contributed by atoms with E-state index in [0.29, 0.717) is 58.0 Å². The number of rotatable bonds is 6. The summed E-state index contributed by atoms with van der Waals surface area (Å²) >= 11 is 5.90. The van der Waals surface area contributed by atoms with E-state index in [0.717, 1.165) is 6.54 Å². The molecule has 1 aliphatic heterocycles. The number of fused-ring (bicyclic) bond motifs is 3. The van der Waals surface area contributed by atoms with Crippen molar-refractivity contribution in [3.05, 3.63) is 0 Å². The first-order chi connectivity index (χ1) is 14.8. The average Bonchev–Trinajstić information content (AvgIpc) is 2.76. The van der Waals surface area contributed by atoms with Gasteiger partial charge in [-0.1, -0.05) is 0 Å². The summed E-state index contributed by atoms with van der Waals surface area (Å²) in [6.07, 6.45) is 3.07. The molecule has 2 amide bonds. The molecule has 5 unspecified atom stereocenters. The van der Waals surface area contributed by atoms with Gasteiger partial charge >= 0.3 is 0 Å². The van der Waals surface area contributed by atoms with Gasteiger partial charge in [0.1, 0.15) is 12.8 Å². The van der Waals surface area contributed by atoms with E-state index in [1.165, 1.54) is 0 Å². The van der Waals surface area contributed by atoms with Crippen molar-refractivity contribution in [2.75, 3.05) is 19.8 Å². The third-order valence-corrected chi connectivity index (χ3v) is 8.08. The van der Waals surface area contributed by atoms with E-state index in [9.17, 15) is 19.1 Å². The lowest BCUT2D eigenvalue weighted by Crippen LogP contribution is -2.71. The molecule has 2 bridgehead atoms. The van der Waals surface area contributed by atoms with E-state index in [1.807, 2.05) is 0 Å². The number of amides is 2. The van der Waals surface area contributed by atoms with Crippen LogP contribution in [0.15, 0.2) is 0 Å². The normalized spacial score (nSPS) is 42.7. The summed E-state index contributed by atoms with van der Waals surface area (Å²) in [7, 11) is 0. The van der Waals surface area contributed by atoms with Gasteiger partial charge in [-0.2, -0.15) is 0 Å². The number of halogens is 2. The minimum Gasteiger partial charge on any atom is -0.391 e. The summed E-state index contributed by atoms with van der Waals surface area (Å²) in [5, 5.41) is 22.9. The van der Waals surface area contributed by atoms with Gasteiger partial charge in [0.05, 0.1) is 29.2 Å². The van der Waals surface area contributed by atoms with Gasteiger partial charge in [-0.25, -0.2) is 4.39 Å². The van der Waals surface area contributed by atoms with E-state index < -0.39 is 28.7 Å². The lowest BCUT2D eigenvalue weighted by molar-refractivity contribution is -0.140. The highest BCUT2D eigenvalue weighted by molar-refractivity contribution is 6.21. The van der Waals surface area contributed by atoms with E-state index >= 15 is 0 Å². The van der Waals surface area contributed by atoms with Crippen LogP contribution in [0, 0.1) is 0 Å². The Balaban J connectivity index is 1.26. The van der Waals surface area contributed by atoms with Crippen molar-refractivity contribution >= 4 is 23.4 Å². The van der Waals surface area contributed by atoms with Crippen molar-refractivity contribution in [1.82, 2.24) is 21.3 Å². The SMILES string of the molecule is O=C(COC1CCC(Cl)C(F)C1)NC12CCC(NC(=O)C3CCNCN3)(CC1)C(O)C2. The number of alkyl halides is 2. The number of aliphatic hydroxyl groups is 1. The summed E-state index contributed by atoms with van der Waals surface area (Å²) in [4.78, 5) is 25.2. The second-order valence-corrected chi connectivity index (χ2v) is 10.3. The molecule has 5 atom stereocenters. The fraction of sp³-hybridized carbons (Fsp3) is 0.905. The molecule has 31 heavy (non-hydrogen) atoms. The molecule has 0 aromatic carbocycles. The van der Waals surface area contributed by atoms with Crippen LogP contribution in [0.3, 0.4) is 0 Å². The highest BCUT2D eigenvalue weighted by Gasteiger charge is 2.55. The lowest BCUT2D eigenvalue weighted by Gasteiger charge is -2.56. The van der Waals surface area contributed by atoms with Crippen molar-refractivity contribution in [2.24, 2.45) is 0 Å². The van der Waals surface area contributed by atoms with Crippen molar-refractivity contribution in [3.63, 3.8) is 0 Å². The van der Waals surface area contributed by atoms with E-state index in [2.05, 4.69) is 21.3 Å². The molecule has 0 spiro atoms. The van der Waals surface area contributed by atoms with Gasteiger partial charge in [0.2, 0.25) is 11.8 Å². The van der Waals surface area contributed by atoms with Crippen molar-refractivity contribution in [2.45, 2.75) is 98.7 Å². The second kappa shape index (κ2) is 9.47. The van der Waals surface area contributed by atoms with Crippen LogP contribution in [-0.4, -0.2) is 77.6 Å². The first-order valence-electron chi connectivity index (χ1n) is 11.5. The zero-order chi connectivity index (χ0) is 22.1.